The summed E-state index contributed by atoms with van der Waals surface area (Å²) in [5.41, 5.74) is 1.13. The SMILES string of the molecule is Cc1nc(CN2CCC(C(=O)N(C)C(C)CO)CC2)cs1. The predicted octanol–water partition coefficient (Wildman–Crippen LogP) is 1.50. The maximum absolute atomic E-state index is 12.4. The third kappa shape index (κ3) is 4.25. The molecule has 21 heavy (non-hydrogen) atoms. The molecule has 1 saturated heterocycles. The Morgan fingerprint density at radius 2 is 2.24 bits per heavy atom. The Hall–Kier alpha value is -0.980. The number of hydrogen-bond donors (Lipinski definition) is 1. The van der Waals surface area contributed by atoms with E-state index in [2.05, 4.69) is 15.3 Å². The number of nitrogens with zero attached hydrogens (tertiary/aromatic N) is 3. The van der Waals surface area contributed by atoms with Crippen LogP contribution in [0.1, 0.15) is 30.5 Å². The zero-order valence-electron chi connectivity index (χ0n) is 13.1. The van der Waals surface area contributed by atoms with Crippen molar-refractivity contribution in [1.82, 2.24) is 14.8 Å². The summed E-state index contributed by atoms with van der Waals surface area (Å²) in [5.74, 6) is 0.262. The molecule has 5 nitrogen and oxygen atoms in total. The molecule has 1 aromatic heterocycles. The van der Waals surface area contributed by atoms with Gasteiger partial charge in [-0.1, -0.05) is 0 Å². The fraction of sp³-hybridized carbons (Fsp3) is 0.733. The number of aliphatic hydroxyl groups is 1. The van der Waals surface area contributed by atoms with Gasteiger partial charge in [-0.05, 0) is 39.8 Å². The van der Waals surface area contributed by atoms with Crippen molar-refractivity contribution < 1.29 is 9.90 Å². The van der Waals surface area contributed by atoms with Crippen molar-refractivity contribution in [3.8, 4) is 0 Å². The minimum atomic E-state index is -0.103. The van der Waals surface area contributed by atoms with E-state index in [-0.39, 0.29) is 24.5 Å². The van der Waals surface area contributed by atoms with E-state index in [9.17, 15) is 4.79 Å². The second-order valence-electron chi connectivity index (χ2n) is 5.89. The summed E-state index contributed by atoms with van der Waals surface area (Å²) >= 11 is 1.69. The Morgan fingerprint density at radius 1 is 1.57 bits per heavy atom. The lowest BCUT2D eigenvalue weighted by atomic mass is 9.95. The topological polar surface area (TPSA) is 56.7 Å². The molecule has 2 heterocycles. The number of aliphatic hydroxyl groups excluding tert-OH is 1. The van der Waals surface area contributed by atoms with Crippen LogP contribution in [0.3, 0.4) is 0 Å². The van der Waals surface area contributed by atoms with Gasteiger partial charge in [0.1, 0.15) is 0 Å². The van der Waals surface area contributed by atoms with E-state index in [4.69, 9.17) is 5.11 Å². The summed E-state index contributed by atoms with van der Waals surface area (Å²) in [4.78, 5) is 20.9. The van der Waals surface area contributed by atoms with Crippen LogP contribution in [0.25, 0.3) is 0 Å². The van der Waals surface area contributed by atoms with Gasteiger partial charge in [0.25, 0.3) is 0 Å². The monoisotopic (exact) mass is 311 g/mol. The molecule has 1 aliphatic heterocycles. The lowest BCUT2D eigenvalue weighted by Crippen LogP contribution is -2.44. The van der Waals surface area contributed by atoms with Crippen LogP contribution in [0.5, 0.6) is 0 Å². The molecular weight excluding hydrogens is 286 g/mol. The third-order valence-corrected chi connectivity index (χ3v) is 5.08. The number of carbonyl (C=O) groups excluding carboxylic acids is 1. The summed E-state index contributed by atoms with van der Waals surface area (Å²) in [6.45, 7) is 6.68. The smallest absolute Gasteiger partial charge is 0.225 e. The van der Waals surface area contributed by atoms with Crippen molar-refractivity contribution in [2.24, 2.45) is 5.92 Å². The first-order valence-corrected chi connectivity index (χ1v) is 8.40. The van der Waals surface area contributed by atoms with Gasteiger partial charge in [-0.15, -0.1) is 11.3 Å². The van der Waals surface area contributed by atoms with E-state index >= 15 is 0 Å². The zero-order valence-corrected chi connectivity index (χ0v) is 13.9. The van der Waals surface area contributed by atoms with Crippen LogP contribution < -0.4 is 0 Å². The molecule has 1 aliphatic rings. The zero-order chi connectivity index (χ0) is 15.4. The fourth-order valence-corrected chi connectivity index (χ4v) is 3.28. The summed E-state index contributed by atoms with van der Waals surface area (Å²) in [7, 11) is 1.79. The normalized spacial score (nSPS) is 18.7. The Balaban J connectivity index is 1.81. The lowest BCUT2D eigenvalue weighted by Gasteiger charge is -2.34. The molecule has 6 heteroatoms. The molecule has 1 fully saturated rings. The van der Waals surface area contributed by atoms with E-state index < -0.39 is 0 Å². The average molecular weight is 311 g/mol. The van der Waals surface area contributed by atoms with Crippen LogP contribution in [0.4, 0.5) is 0 Å². The minimum Gasteiger partial charge on any atom is -0.394 e. The minimum absolute atomic E-state index is 0.0181. The Bertz CT molecular complexity index is 469. The number of piperidine rings is 1. The third-order valence-electron chi connectivity index (χ3n) is 4.26. The number of carbonyl (C=O) groups is 1. The number of thiazole rings is 1. The second kappa shape index (κ2) is 7.33. The molecule has 1 aromatic rings. The van der Waals surface area contributed by atoms with Crippen LogP contribution in [-0.2, 0) is 11.3 Å². The molecule has 0 bridgehead atoms. The molecule has 1 unspecified atom stereocenters. The highest BCUT2D eigenvalue weighted by molar-refractivity contribution is 7.09. The van der Waals surface area contributed by atoms with Crippen molar-refractivity contribution in [1.29, 1.82) is 0 Å². The van der Waals surface area contributed by atoms with Gasteiger partial charge in [-0.3, -0.25) is 9.69 Å². The second-order valence-corrected chi connectivity index (χ2v) is 6.95. The number of aryl methyl sites for hydroxylation is 1. The maximum atomic E-state index is 12.4. The van der Waals surface area contributed by atoms with Gasteiger partial charge >= 0.3 is 0 Å². The van der Waals surface area contributed by atoms with Crippen LogP contribution in [0.2, 0.25) is 0 Å². The summed E-state index contributed by atoms with van der Waals surface area (Å²) in [5, 5.41) is 12.4. The molecule has 1 amide bonds. The molecule has 0 saturated carbocycles. The average Bonchev–Trinajstić information content (AvgIpc) is 2.90. The van der Waals surface area contributed by atoms with Crippen LogP contribution in [0, 0.1) is 12.8 Å². The molecule has 0 aromatic carbocycles. The molecule has 0 radical (unpaired) electrons. The number of amides is 1. The van der Waals surface area contributed by atoms with Crippen molar-refractivity contribution in [2.75, 3.05) is 26.7 Å². The van der Waals surface area contributed by atoms with E-state index in [0.717, 1.165) is 43.2 Å². The van der Waals surface area contributed by atoms with Crippen LogP contribution in [0.15, 0.2) is 5.38 Å². The molecule has 118 valence electrons. The first-order chi connectivity index (χ1) is 10.0. The highest BCUT2D eigenvalue weighted by Gasteiger charge is 2.28. The van der Waals surface area contributed by atoms with Crippen LogP contribution >= 0.6 is 11.3 Å². The first-order valence-electron chi connectivity index (χ1n) is 7.52. The number of aromatic nitrogens is 1. The van der Waals surface area contributed by atoms with Gasteiger partial charge in [0.2, 0.25) is 5.91 Å². The van der Waals surface area contributed by atoms with Gasteiger partial charge in [0, 0.05) is 24.9 Å². The largest absolute Gasteiger partial charge is 0.394 e. The van der Waals surface area contributed by atoms with E-state index in [1.807, 2.05) is 13.8 Å². The Labute approximate surface area is 130 Å². The van der Waals surface area contributed by atoms with E-state index in [1.165, 1.54) is 0 Å². The maximum Gasteiger partial charge on any atom is 0.225 e. The van der Waals surface area contributed by atoms with Gasteiger partial charge in [-0.2, -0.15) is 0 Å². The molecule has 1 atom stereocenters. The predicted molar refractivity (Wildman–Crippen MR) is 84.2 cm³/mol. The molecule has 1 N–H and O–H groups in total. The Morgan fingerprint density at radius 3 is 2.76 bits per heavy atom. The van der Waals surface area contributed by atoms with Gasteiger partial charge in [0.05, 0.1) is 23.4 Å². The van der Waals surface area contributed by atoms with Gasteiger partial charge in [0.15, 0.2) is 0 Å². The standard InChI is InChI=1S/C15H25N3O2S/c1-11(9-19)17(3)15(20)13-4-6-18(7-5-13)8-14-10-21-12(2)16-14/h10-11,13,19H,4-9H2,1-3H3. The summed E-state index contributed by atoms with van der Waals surface area (Å²) in [6, 6.07) is -0.103. The number of rotatable bonds is 5. The van der Waals surface area contributed by atoms with E-state index in [1.54, 1.807) is 23.3 Å². The molecular formula is C15H25N3O2S. The number of likely N-dealkylation sites (N-methyl/N-ethyl adjacent to an activating group) is 1. The fourth-order valence-electron chi connectivity index (χ4n) is 2.68. The molecule has 2 rings (SSSR count). The highest BCUT2D eigenvalue weighted by Crippen LogP contribution is 2.22. The quantitative estimate of drug-likeness (QED) is 0.895. The molecule has 0 aliphatic carbocycles. The lowest BCUT2D eigenvalue weighted by molar-refractivity contribution is -0.138. The highest BCUT2D eigenvalue weighted by atomic mass is 32.1. The van der Waals surface area contributed by atoms with Gasteiger partial charge < -0.3 is 10.0 Å². The van der Waals surface area contributed by atoms with Crippen molar-refractivity contribution in [3.63, 3.8) is 0 Å². The van der Waals surface area contributed by atoms with Crippen molar-refractivity contribution in [2.45, 2.75) is 39.3 Å². The first kappa shape index (κ1) is 16.4. The van der Waals surface area contributed by atoms with Crippen molar-refractivity contribution in [3.05, 3.63) is 16.1 Å². The summed E-state index contributed by atoms with van der Waals surface area (Å²) < 4.78 is 0. The Kier molecular flexibility index (Phi) is 5.72. The number of hydrogen-bond acceptors (Lipinski definition) is 5. The van der Waals surface area contributed by atoms with E-state index in [0.29, 0.717) is 0 Å². The molecule has 0 spiro atoms. The van der Waals surface area contributed by atoms with Crippen molar-refractivity contribution >= 4 is 17.2 Å². The van der Waals surface area contributed by atoms with Crippen LogP contribution in [-0.4, -0.2) is 58.6 Å². The summed E-state index contributed by atoms with van der Waals surface area (Å²) in [6.07, 6.45) is 1.79. The van der Waals surface area contributed by atoms with Gasteiger partial charge in [-0.25, -0.2) is 4.98 Å². The number of likely N-dealkylation sites (tertiary alicyclic amines) is 1.